The zero-order valence-electron chi connectivity index (χ0n) is 13.7. The summed E-state index contributed by atoms with van der Waals surface area (Å²) in [5, 5.41) is 0. The lowest BCUT2D eigenvalue weighted by molar-refractivity contribution is 0.516. The van der Waals surface area contributed by atoms with E-state index in [1.165, 1.54) is 0 Å². The number of fused-ring (bicyclic) bond motifs is 2. The van der Waals surface area contributed by atoms with Crippen LogP contribution in [0, 0.1) is 6.92 Å². The molecule has 4 rings (SSSR count). The fraction of sp³-hybridized carbons (Fsp3) is 0.222. The van der Waals surface area contributed by atoms with Gasteiger partial charge in [0.15, 0.2) is 11.4 Å². The fourth-order valence-electron chi connectivity index (χ4n) is 2.87. The lowest BCUT2D eigenvalue weighted by Crippen LogP contribution is -2.21. The first-order valence-corrected chi connectivity index (χ1v) is 8.05. The van der Waals surface area contributed by atoms with E-state index in [9.17, 15) is 4.79 Å². The topological polar surface area (TPSA) is 107 Å². The van der Waals surface area contributed by atoms with Crippen molar-refractivity contribution < 1.29 is 4.74 Å². The van der Waals surface area contributed by atoms with Crippen molar-refractivity contribution in [3.05, 3.63) is 64.0 Å². The molecule has 0 saturated heterocycles. The zero-order chi connectivity index (χ0) is 17.4. The molecule has 3 heterocycles. The van der Waals surface area contributed by atoms with Crippen LogP contribution in [0.15, 0.2) is 41.5 Å². The van der Waals surface area contributed by atoms with Crippen molar-refractivity contribution in [1.29, 1.82) is 0 Å². The highest BCUT2D eigenvalue weighted by Gasteiger charge is 2.19. The molecular weight excluding hydrogens is 318 g/mol. The van der Waals surface area contributed by atoms with E-state index < -0.39 is 0 Å². The Labute approximate surface area is 143 Å². The number of rotatable bonds is 2. The Morgan fingerprint density at radius 3 is 3.04 bits per heavy atom. The number of aromatic amines is 1. The van der Waals surface area contributed by atoms with Crippen LogP contribution in [0.5, 0.6) is 5.75 Å². The molecule has 1 aliphatic carbocycles. The number of aryl methyl sites for hydroxylation is 1. The second-order valence-electron chi connectivity index (χ2n) is 6.03. The normalized spacial score (nSPS) is 16.9. The number of hydrogen-bond donors (Lipinski definition) is 2. The van der Waals surface area contributed by atoms with Crippen molar-refractivity contribution >= 4 is 16.9 Å². The van der Waals surface area contributed by atoms with E-state index in [2.05, 4.69) is 19.9 Å². The van der Waals surface area contributed by atoms with Gasteiger partial charge in [-0.3, -0.25) is 9.78 Å². The van der Waals surface area contributed by atoms with Crippen LogP contribution in [-0.4, -0.2) is 26.0 Å². The molecule has 3 N–H and O–H groups in total. The van der Waals surface area contributed by atoms with Gasteiger partial charge in [-0.1, -0.05) is 0 Å². The van der Waals surface area contributed by atoms with Gasteiger partial charge in [-0.25, -0.2) is 9.97 Å². The third-order valence-corrected chi connectivity index (χ3v) is 4.17. The van der Waals surface area contributed by atoms with Crippen LogP contribution in [0.4, 0.5) is 0 Å². The van der Waals surface area contributed by atoms with E-state index in [0.717, 1.165) is 11.3 Å². The van der Waals surface area contributed by atoms with Gasteiger partial charge in [-0.15, -0.1) is 0 Å². The lowest BCUT2D eigenvalue weighted by atomic mass is 10.1. The van der Waals surface area contributed by atoms with Gasteiger partial charge in [-0.05, 0) is 31.6 Å². The Hall–Kier alpha value is -3.06. The van der Waals surface area contributed by atoms with Crippen LogP contribution in [0.25, 0.3) is 16.9 Å². The standard InChI is InChI=1S/C18H17N5O2/c1-10-18(24)23-16-15(6-8-21-17(16)22-10)25-14-5-4-11(19)9-13-12(14)3-2-7-20-13/h2-3,5-8,11H,4,9,19H2,1H3,(H,23,24). The molecule has 1 aliphatic rings. The number of ether oxygens (including phenoxy) is 1. The number of nitrogens with zero attached hydrogens (tertiary/aromatic N) is 3. The fourth-order valence-corrected chi connectivity index (χ4v) is 2.87. The smallest absolute Gasteiger partial charge is 0.270 e. The van der Waals surface area contributed by atoms with Crippen molar-refractivity contribution in [1.82, 2.24) is 19.9 Å². The van der Waals surface area contributed by atoms with Crippen molar-refractivity contribution in [2.45, 2.75) is 25.8 Å². The number of nitrogens with two attached hydrogens (primary N) is 1. The molecule has 1 atom stereocenters. The number of H-pyrrole nitrogens is 1. The molecule has 0 saturated carbocycles. The summed E-state index contributed by atoms with van der Waals surface area (Å²) in [7, 11) is 0. The second-order valence-corrected chi connectivity index (χ2v) is 6.03. The van der Waals surface area contributed by atoms with Gasteiger partial charge in [0.25, 0.3) is 5.56 Å². The maximum atomic E-state index is 11.9. The van der Waals surface area contributed by atoms with Gasteiger partial charge >= 0.3 is 0 Å². The Bertz CT molecular complexity index is 1040. The van der Waals surface area contributed by atoms with Crippen molar-refractivity contribution in [3.8, 4) is 5.75 Å². The first kappa shape index (κ1) is 15.5. The average molecular weight is 335 g/mol. The highest BCUT2D eigenvalue weighted by atomic mass is 16.5. The molecule has 0 spiro atoms. The minimum atomic E-state index is -0.260. The summed E-state index contributed by atoms with van der Waals surface area (Å²) in [6.45, 7) is 1.64. The van der Waals surface area contributed by atoms with Gasteiger partial charge in [0, 0.05) is 36.5 Å². The minimum absolute atomic E-state index is 0.00643. The molecule has 1 unspecified atom stereocenters. The summed E-state index contributed by atoms with van der Waals surface area (Å²) >= 11 is 0. The van der Waals surface area contributed by atoms with Crippen molar-refractivity contribution in [3.63, 3.8) is 0 Å². The molecule has 3 aromatic rings. The van der Waals surface area contributed by atoms with E-state index in [1.807, 2.05) is 18.2 Å². The third kappa shape index (κ3) is 2.89. The van der Waals surface area contributed by atoms with Crippen molar-refractivity contribution in [2.75, 3.05) is 0 Å². The van der Waals surface area contributed by atoms with E-state index in [1.54, 1.807) is 25.4 Å². The molecule has 3 aromatic heterocycles. The van der Waals surface area contributed by atoms with E-state index in [-0.39, 0.29) is 11.6 Å². The first-order valence-electron chi connectivity index (χ1n) is 8.05. The van der Waals surface area contributed by atoms with Crippen LogP contribution >= 0.6 is 0 Å². The van der Waals surface area contributed by atoms with E-state index >= 15 is 0 Å². The van der Waals surface area contributed by atoms with Crippen LogP contribution in [-0.2, 0) is 6.42 Å². The molecule has 126 valence electrons. The van der Waals surface area contributed by atoms with Crippen LogP contribution in [0.3, 0.4) is 0 Å². The Kier molecular flexibility index (Phi) is 3.77. The van der Waals surface area contributed by atoms with Crippen molar-refractivity contribution in [2.24, 2.45) is 5.73 Å². The maximum Gasteiger partial charge on any atom is 0.270 e. The van der Waals surface area contributed by atoms with Gasteiger partial charge in [0.05, 0.1) is 5.69 Å². The Balaban J connectivity index is 1.82. The molecule has 25 heavy (non-hydrogen) atoms. The van der Waals surface area contributed by atoms with Crippen LogP contribution in [0.2, 0.25) is 0 Å². The van der Waals surface area contributed by atoms with Gasteiger partial charge in [0.2, 0.25) is 0 Å². The van der Waals surface area contributed by atoms with Crippen LogP contribution in [0.1, 0.15) is 23.4 Å². The minimum Gasteiger partial charge on any atom is -0.455 e. The summed E-state index contributed by atoms with van der Waals surface area (Å²) in [6, 6.07) is 5.52. The van der Waals surface area contributed by atoms with Crippen LogP contribution < -0.4 is 16.0 Å². The molecule has 0 aromatic carbocycles. The Morgan fingerprint density at radius 1 is 1.28 bits per heavy atom. The predicted molar refractivity (Wildman–Crippen MR) is 94.0 cm³/mol. The number of pyridine rings is 2. The number of aromatic nitrogens is 4. The quantitative estimate of drug-likeness (QED) is 0.738. The van der Waals surface area contributed by atoms with E-state index in [0.29, 0.717) is 41.2 Å². The Morgan fingerprint density at radius 2 is 2.16 bits per heavy atom. The molecule has 0 aliphatic heterocycles. The molecule has 0 amide bonds. The van der Waals surface area contributed by atoms with Gasteiger partial charge in [0.1, 0.15) is 17.0 Å². The highest BCUT2D eigenvalue weighted by molar-refractivity contribution is 5.79. The SMILES string of the molecule is Cc1nc2nccc(OC3=CCC(N)Cc4ncccc43)c2[nH]c1=O. The largest absolute Gasteiger partial charge is 0.455 e. The lowest BCUT2D eigenvalue weighted by Gasteiger charge is -2.13. The summed E-state index contributed by atoms with van der Waals surface area (Å²) in [6.07, 6.45) is 6.69. The second kappa shape index (κ2) is 6.10. The summed E-state index contributed by atoms with van der Waals surface area (Å²) in [4.78, 5) is 27.6. The zero-order valence-corrected chi connectivity index (χ0v) is 13.7. The summed E-state index contributed by atoms with van der Waals surface area (Å²) in [5.41, 5.74) is 8.95. The molecule has 7 nitrogen and oxygen atoms in total. The monoisotopic (exact) mass is 335 g/mol. The number of hydrogen-bond acceptors (Lipinski definition) is 6. The summed E-state index contributed by atoms with van der Waals surface area (Å²) in [5.74, 6) is 1.16. The van der Waals surface area contributed by atoms with Gasteiger partial charge < -0.3 is 15.5 Å². The van der Waals surface area contributed by atoms with Gasteiger partial charge in [-0.2, -0.15) is 0 Å². The molecule has 0 radical (unpaired) electrons. The highest BCUT2D eigenvalue weighted by Crippen LogP contribution is 2.29. The molecule has 7 heteroatoms. The predicted octanol–water partition coefficient (Wildman–Crippen LogP) is 1.71. The first-order chi connectivity index (χ1) is 12.1. The van der Waals surface area contributed by atoms with E-state index in [4.69, 9.17) is 10.5 Å². The summed E-state index contributed by atoms with van der Waals surface area (Å²) < 4.78 is 6.13. The molecular formula is C18H17N5O2. The molecule has 0 fully saturated rings. The molecule has 0 bridgehead atoms. The number of nitrogens with one attached hydrogen (secondary N) is 1. The third-order valence-electron chi connectivity index (χ3n) is 4.17. The maximum absolute atomic E-state index is 11.9. The average Bonchev–Trinajstić information content (AvgIpc) is 2.75.